The second-order valence-corrected chi connectivity index (χ2v) is 2.72. The van der Waals surface area contributed by atoms with Gasteiger partial charge in [0.2, 0.25) is 0 Å². The van der Waals surface area contributed by atoms with Crippen LogP contribution in [-0.4, -0.2) is 22.3 Å². The molecule has 0 aromatic heterocycles. The number of aliphatic hydroxyl groups is 1. The molecule has 0 aliphatic carbocycles. The molecule has 4 heteroatoms. The normalized spacial score (nSPS) is 14.1. The maximum Gasteiger partial charge on any atom is 0.337 e. The first kappa shape index (κ1) is 10.7. The Kier molecular flexibility index (Phi) is 4.02. The van der Waals surface area contributed by atoms with Crippen LogP contribution in [0.15, 0.2) is 11.6 Å². The molecule has 0 unspecified atom stereocenters. The van der Waals surface area contributed by atoms with Gasteiger partial charge in [-0.05, 0) is 5.92 Å². The van der Waals surface area contributed by atoms with E-state index in [4.69, 9.17) is 15.5 Å². The van der Waals surface area contributed by atoms with Gasteiger partial charge in [-0.1, -0.05) is 19.9 Å². The van der Waals surface area contributed by atoms with Crippen molar-refractivity contribution in [3.05, 3.63) is 11.6 Å². The predicted octanol–water partition coefficient (Wildman–Crippen LogP) is 0.538. The minimum Gasteiger partial charge on any atom is -0.479 e. The highest BCUT2D eigenvalue weighted by Gasteiger charge is 2.18. The molecule has 0 bridgehead atoms. The lowest BCUT2D eigenvalue weighted by atomic mass is 10.1. The van der Waals surface area contributed by atoms with Gasteiger partial charge in [0.05, 0.1) is 11.6 Å². The highest BCUT2D eigenvalue weighted by molar-refractivity contribution is 5.77. The zero-order valence-corrected chi connectivity index (χ0v) is 6.98. The molecule has 0 spiro atoms. The highest BCUT2D eigenvalue weighted by Crippen LogP contribution is 2.06. The van der Waals surface area contributed by atoms with Crippen LogP contribution in [0.3, 0.4) is 0 Å². The molecule has 2 N–H and O–H groups in total. The molecular weight excluding hydrogens is 158 g/mol. The Labute approximate surface area is 70.7 Å². The van der Waals surface area contributed by atoms with Crippen LogP contribution in [0.4, 0.5) is 0 Å². The fraction of sp³-hybridized carbons (Fsp3) is 0.500. The van der Waals surface area contributed by atoms with Crippen LogP contribution in [0.5, 0.6) is 0 Å². The fourth-order valence-electron chi connectivity index (χ4n) is 0.682. The lowest BCUT2D eigenvalue weighted by molar-refractivity contribution is -0.144. The van der Waals surface area contributed by atoms with E-state index in [2.05, 4.69) is 0 Å². The van der Waals surface area contributed by atoms with E-state index in [1.165, 1.54) is 6.08 Å². The molecule has 0 rings (SSSR count). The van der Waals surface area contributed by atoms with Crippen LogP contribution in [0.1, 0.15) is 13.8 Å². The number of carbonyl (C=O) groups is 1. The van der Waals surface area contributed by atoms with Crippen LogP contribution in [0.2, 0.25) is 0 Å². The van der Waals surface area contributed by atoms with E-state index in [0.717, 1.165) is 0 Å². The van der Waals surface area contributed by atoms with E-state index in [0.29, 0.717) is 0 Å². The average Bonchev–Trinajstić information content (AvgIpc) is 1.98. The topological polar surface area (TPSA) is 81.3 Å². The smallest absolute Gasteiger partial charge is 0.337 e. The molecule has 0 radical (unpaired) electrons. The van der Waals surface area contributed by atoms with Crippen molar-refractivity contribution in [2.75, 3.05) is 0 Å². The van der Waals surface area contributed by atoms with Gasteiger partial charge in [0, 0.05) is 0 Å². The predicted molar refractivity (Wildman–Crippen MR) is 42.2 cm³/mol. The van der Waals surface area contributed by atoms with Gasteiger partial charge >= 0.3 is 5.97 Å². The van der Waals surface area contributed by atoms with E-state index in [-0.39, 0.29) is 11.5 Å². The standard InChI is InChI=1S/C8H11NO3/c1-5(2)3-6(4-9)7(10)8(11)12/h3,5,7,10H,1-2H3,(H,11,12)/b6-3+/t7-/m1/s1. The third kappa shape index (κ3) is 3.17. The Morgan fingerprint density at radius 2 is 2.08 bits per heavy atom. The summed E-state index contributed by atoms with van der Waals surface area (Å²) in [5.41, 5.74) is -0.113. The molecule has 66 valence electrons. The minimum atomic E-state index is -1.70. The number of nitriles is 1. The van der Waals surface area contributed by atoms with Crippen LogP contribution >= 0.6 is 0 Å². The number of nitrogens with zero attached hydrogens (tertiary/aromatic N) is 1. The van der Waals surface area contributed by atoms with E-state index >= 15 is 0 Å². The first-order valence-electron chi connectivity index (χ1n) is 3.51. The second kappa shape index (κ2) is 4.52. The Morgan fingerprint density at radius 3 is 2.33 bits per heavy atom. The van der Waals surface area contributed by atoms with Gasteiger partial charge in [-0.2, -0.15) is 5.26 Å². The molecule has 1 atom stereocenters. The molecule has 0 aromatic carbocycles. The molecule has 4 nitrogen and oxygen atoms in total. The number of hydrogen-bond donors (Lipinski definition) is 2. The summed E-state index contributed by atoms with van der Waals surface area (Å²) < 4.78 is 0. The number of carboxylic acid groups (broad SMARTS) is 1. The van der Waals surface area contributed by atoms with E-state index in [1.54, 1.807) is 19.9 Å². The Bertz CT molecular complexity index is 237. The van der Waals surface area contributed by atoms with Crippen molar-refractivity contribution in [3.63, 3.8) is 0 Å². The number of allylic oxidation sites excluding steroid dienone is 1. The van der Waals surface area contributed by atoms with E-state index < -0.39 is 12.1 Å². The average molecular weight is 169 g/mol. The van der Waals surface area contributed by atoms with Gasteiger partial charge in [-0.15, -0.1) is 0 Å². The third-order valence-electron chi connectivity index (χ3n) is 1.17. The van der Waals surface area contributed by atoms with Crippen molar-refractivity contribution >= 4 is 5.97 Å². The molecule has 0 aliphatic rings. The van der Waals surface area contributed by atoms with E-state index in [1.807, 2.05) is 0 Å². The van der Waals surface area contributed by atoms with Crippen molar-refractivity contribution in [2.45, 2.75) is 20.0 Å². The number of hydrogen-bond acceptors (Lipinski definition) is 3. The summed E-state index contributed by atoms with van der Waals surface area (Å²) >= 11 is 0. The molecule has 0 amide bonds. The van der Waals surface area contributed by atoms with Crippen molar-refractivity contribution < 1.29 is 15.0 Å². The maximum absolute atomic E-state index is 10.2. The number of carboxylic acids is 1. The number of rotatable bonds is 3. The SMILES string of the molecule is CC(C)/C=C(\C#N)[C@@H](O)C(=O)O. The monoisotopic (exact) mass is 169 g/mol. The Hall–Kier alpha value is -1.34. The molecule has 0 saturated heterocycles. The van der Waals surface area contributed by atoms with Crippen LogP contribution in [-0.2, 0) is 4.79 Å². The van der Waals surface area contributed by atoms with Gasteiger partial charge in [0.15, 0.2) is 6.10 Å². The van der Waals surface area contributed by atoms with Crippen molar-refractivity contribution in [2.24, 2.45) is 5.92 Å². The largest absolute Gasteiger partial charge is 0.479 e. The molecule has 0 heterocycles. The van der Waals surface area contributed by atoms with E-state index in [9.17, 15) is 4.79 Å². The van der Waals surface area contributed by atoms with Crippen molar-refractivity contribution in [3.8, 4) is 6.07 Å². The van der Waals surface area contributed by atoms with Gasteiger partial charge in [0.25, 0.3) is 0 Å². The van der Waals surface area contributed by atoms with Crippen molar-refractivity contribution in [1.82, 2.24) is 0 Å². The summed E-state index contributed by atoms with van der Waals surface area (Å²) in [5, 5.41) is 25.8. The summed E-state index contributed by atoms with van der Waals surface area (Å²) in [6.45, 7) is 3.60. The summed E-state index contributed by atoms with van der Waals surface area (Å²) in [6, 6.07) is 1.64. The van der Waals surface area contributed by atoms with Gasteiger partial charge in [-0.3, -0.25) is 0 Å². The Morgan fingerprint density at radius 1 is 1.58 bits per heavy atom. The lowest BCUT2D eigenvalue weighted by Gasteiger charge is -2.04. The zero-order valence-electron chi connectivity index (χ0n) is 6.98. The molecule has 0 saturated carbocycles. The molecular formula is C8H11NO3. The lowest BCUT2D eigenvalue weighted by Crippen LogP contribution is -2.21. The molecule has 0 fully saturated rings. The van der Waals surface area contributed by atoms with Gasteiger partial charge in [-0.25, -0.2) is 4.79 Å². The maximum atomic E-state index is 10.2. The number of aliphatic hydroxyl groups excluding tert-OH is 1. The van der Waals surface area contributed by atoms with Crippen LogP contribution in [0, 0.1) is 17.2 Å². The molecule has 0 aromatic rings. The first-order valence-corrected chi connectivity index (χ1v) is 3.51. The summed E-state index contributed by atoms with van der Waals surface area (Å²) in [7, 11) is 0. The third-order valence-corrected chi connectivity index (χ3v) is 1.17. The minimum absolute atomic E-state index is 0.0497. The highest BCUT2D eigenvalue weighted by atomic mass is 16.4. The number of aliphatic carboxylic acids is 1. The summed E-state index contributed by atoms with van der Waals surface area (Å²) in [5.74, 6) is -1.35. The second-order valence-electron chi connectivity index (χ2n) is 2.72. The molecule has 0 aliphatic heterocycles. The quantitative estimate of drug-likeness (QED) is 0.604. The summed E-state index contributed by atoms with van der Waals surface area (Å²) in [4.78, 5) is 10.2. The Balaban J connectivity index is 4.59. The zero-order chi connectivity index (χ0) is 9.72. The molecule has 12 heavy (non-hydrogen) atoms. The fourth-order valence-corrected chi connectivity index (χ4v) is 0.682. The van der Waals surface area contributed by atoms with Crippen LogP contribution < -0.4 is 0 Å². The summed E-state index contributed by atoms with van der Waals surface area (Å²) in [6.07, 6.45) is -0.268. The van der Waals surface area contributed by atoms with Gasteiger partial charge in [0.1, 0.15) is 0 Å². The van der Waals surface area contributed by atoms with Crippen molar-refractivity contribution in [1.29, 1.82) is 5.26 Å². The first-order chi connectivity index (χ1) is 5.49. The van der Waals surface area contributed by atoms with Gasteiger partial charge < -0.3 is 10.2 Å². The van der Waals surface area contributed by atoms with Crippen LogP contribution in [0.25, 0.3) is 0 Å².